The van der Waals surface area contributed by atoms with Gasteiger partial charge in [0, 0.05) is 25.2 Å². The molecule has 1 unspecified atom stereocenters. The molecule has 0 amide bonds. The second-order valence-corrected chi connectivity index (χ2v) is 3.76. The topological polar surface area (TPSA) is 62.7 Å². The van der Waals surface area contributed by atoms with Gasteiger partial charge in [0.1, 0.15) is 5.82 Å². The fourth-order valence-corrected chi connectivity index (χ4v) is 1.89. The van der Waals surface area contributed by atoms with E-state index in [2.05, 4.69) is 4.98 Å². The molecule has 2 heterocycles. The van der Waals surface area contributed by atoms with Gasteiger partial charge in [-0.05, 0) is 13.0 Å². The van der Waals surface area contributed by atoms with Crippen molar-refractivity contribution in [2.45, 2.75) is 19.1 Å². The smallest absolute Gasteiger partial charge is 0.360 e. The number of esters is 1. The number of rotatable bonds is 2. The number of aromatic nitrogens is 1. The van der Waals surface area contributed by atoms with Crippen LogP contribution >= 0.6 is 0 Å². The van der Waals surface area contributed by atoms with Crippen LogP contribution in [0.15, 0.2) is 18.3 Å². The van der Waals surface area contributed by atoms with Crippen LogP contribution in [-0.2, 0) is 16.0 Å². The average molecular weight is 222 g/mol. The second-order valence-electron chi connectivity index (χ2n) is 3.76. The summed E-state index contributed by atoms with van der Waals surface area (Å²) in [5.41, 5.74) is -0.771. The molecule has 1 aliphatic heterocycles. The Bertz CT molecular complexity index is 421. The highest BCUT2D eigenvalue weighted by Gasteiger charge is 2.48. The summed E-state index contributed by atoms with van der Waals surface area (Å²) in [4.78, 5) is 17.3. The van der Waals surface area contributed by atoms with Crippen molar-refractivity contribution in [1.82, 2.24) is 4.98 Å². The number of pyridine rings is 1. The van der Waals surface area contributed by atoms with Crippen molar-refractivity contribution in [3.05, 3.63) is 23.9 Å². The van der Waals surface area contributed by atoms with Gasteiger partial charge < -0.3 is 14.7 Å². The van der Waals surface area contributed by atoms with Gasteiger partial charge in [-0.2, -0.15) is 0 Å². The minimum absolute atomic E-state index is 0.214. The normalized spacial score (nSPS) is 23.1. The van der Waals surface area contributed by atoms with Gasteiger partial charge >= 0.3 is 5.97 Å². The van der Waals surface area contributed by atoms with E-state index in [4.69, 9.17) is 4.74 Å². The van der Waals surface area contributed by atoms with E-state index >= 15 is 0 Å². The molecule has 1 atom stereocenters. The number of carbonyl (C=O) groups is 1. The zero-order valence-electron chi connectivity index (χ0n) is 9.30. The molecule has 1 aromatic rings. The first-order valence-corrected chi connectivity index (χ1v) is 5.17. The number of aliphatic hydroxyl groups is 1. The summed E-state index contributed by atoms with van der Waals surface area (Å²) in [6.07, 6.45) is 1.84. The van der Waals surface area contributed by atoms with Crippen LogP contribution in [0.25, 0.3) is 0 Å². The number of hydrogen-bond donors (Lipinski definition) is 1. The molecular formula is C11H14N2O3. The molecule has 0 aliphatic carbocycles. The highest BCUT2D eigenvalue weighted by atomic mass is 16.6. The van der Waals surface area contributed by atoms with Gasteiger partial charge in [0.05, 0.1) is 6.61 Å². The zero-order chi connectivity index (χ0) is 11.8. The van der Waals surface area contributed by atoms with E-state index in [1.165, 1.54) is 4.90 Å². The Morgan fingerprint density at radius 3 is 3.12 bits per heavy atom. The Balaban J connectivity index is 2.32. The molecule has 0 saturated carbocycles. The molecule has 0 aromatic carbocycles. The van der Waals surface area contributed by atoms with Gasteiger partial charge in [-0.15, -0.1) is 0 Å². The van der Waals surface area contributed by atoms with Crippen LogP contribution in [0.3, 0.4) is 0 Å². The van der Waals surface area contributed by atoms with Crippen LogP contribution in [0.4, 0.5) is 5.82 Å². The first-order valence-electron chi connectivity index (χ1n) is 5.17. The number of nitrogens with zero attached hydrogens (tertiary/aromatic N) is 2. The summed E-state index contributed by atoms with van der Waals surface area (Å²) in [6.45, 7) is 1.96. The Hall–Kier alpha value is -1.62. The number of hydrogen-bond acceptors (Lipinski definition) is 5. The Morgan fingerprint density at radius 1 is 1.75 bits per heavy atom. The van der Waals surface area contributed by atoms with Gasteiger partial charge in [0.2, 0.25) is 5.72 Å². The molecule has 0 fully saturated rings. The van der Waals surface area contributed by atoms with Gasteiger partial charge in [-0.1, -0.05) is 6.07 Å². The van der Waals surface area contributed by atoms with Crippen LogP contribution in [0, 0.1) is 0 Å². The molecule has 0 spiro atoms. The van der Waals surface area contributed by atoms with Crippen molar-refractivity contribution in [2.24, 2.45) is 0 Å². The fraction of sp³-hybridized carbons (Fsp3) is 0.455. The summed E-state index contributed by atoms with van der Waals surface area (Å²) in [5, 5.41) is 10.3. The summed E-state index contributed by atoms with van der Waals surface area (Å²) in [5.74, 6) is -0.00597. The fourth-order valence-electron chi connectivity index (χ4n) is 1.89. The molecule has 5 heteroatoms. The maximum absolute atomic E-state index is 11.7. The minimum atomic E-state index is -1.62. The third-order valence-corrected chi connectivity index (χ3v) is 2.78. The SMILES string of the molecule is CCOC(=O)C1(O)Cc2cccnc2N1C. The monoisotopic (exact) mass is 222 g/mol. The molecule has 0 bridgehead atoms. The standard InChI is InChI=1S/C11H14N2O3/c1-3-16-10(14)11(15)7-8-5-4-6-12-9(8)13(11)2/h4-6,15H,3,7H2,1-2H3. The highest BCUT2D eigenvalue weighted by molar-refractivity contribution is 5.85. The first-order chi connectivity index (χ1) is 7.59. The van der Waals surface area contributed by atoms with E-state index in [0.29, 0.717) is 5.82 Å². The zero-order valence-corrected chi connectivity index (χ0v) is 9.30. The average Bonchev–Trinajstić information content (AvgIpc) is 2.54. The lowest BCUT2D eigenvalue weighted by Crippen LogP contribution is -2.52. The predicted octanol–water partition coefficient (Wildman–Crippen LogP) is 0.326. The van der Waals surface area contributed by atoms with Gasteiger partial charge in [0.25, 0.3) is 0 Å². The van der Waals surface area contributed by atoms with Crippen molar-refractivity contribution in [3.63, 3.8) is 0 Å². The molecule has 16 heavy (non-hydrogen) atoms. The molecule has 86 valence electrons. The third kappa shape index (κ3) is 1.44. The molecular weight excluding hydrogens is 208 g/mol. The Morgan fingerprint density at radius 2 is 2.50 bits per heavy atom. The lowest BCUT2D eigenvalue weighted by atomic mass is 10.1. The van der Waals surface area contributed by atoms with Crippen molar-refractivity contribution in [3.8, 4) is 0 Å². The molecule has 5 nitrogen and oxygen atoms in total. The van der Waals surface area contributed by atoms with Gasteiger partial charge in [0.15, 0.2) is 0 Å². The second kappa shape index (κ2) is 3.75. The van der Waals surface area contributed by atoms with E-state index in [1.54, 1.807) is 26.2 Å². The van der Waals surface area contributed by atoms with Crippen LogP contribution in [0.5, 0.6) is 0 Å². The predicted molar refractivity (Wildman–Crippen MR) is 57.9 cm³/mol. The van der Waals surface area contributed by atoms with E-state index in [9.17, 15) is 9.90 Å². The molecule has 1 aromatic heterocycles. The molecule has 0 radical (unpaired) electrons. The van der Waals surface area contributed by atoms with E-state index < -0.39 is 11.7 Å². The number of carbonyl (C=O) groups excluding carboxylic acids is 1. The first kappa shape index (κ1) is 10.9. The van der Waals surface area contributed by atoms with Crippen LogP contribution < -0.4 is 4.90 Å². The summed E-state index contributed by atoms with van der Waals surface area (Å²) >= 11 is 0. The molecule has 0 saturated heterocycles. The third-order valence-electron chi connectivity index (χ3n) is 2.78. The Kier molecular flexibility index (Phi) is 2.55. The van der Waals surface area contributed by atoms with Crippen LogP contribution in [0.1, 0.15) is 12.5 Å². The molecule has 1 aliphatic rings. The minimum Gasteiger partial charge on any atom is -0.462 e. The van der Waals surface area contributed by atoms with Crippen molar-refractivity contribution in [1.29, 1.82) is 0 Å². The maximum Gasteiger partial charge on any atom is 0.360 e. The quantitative estimate of drug-likeness (QED) is 0.730. The number of anilines is 1. The van der Waals surface area contributed by atoms with Crippen molar-refractivity contribution in [2.75, 3.05) is 18.6 Å². The molecule has 1 N–H and O–H groups in total. The number of ether oxygens (including phenoxy) is 1. The number of fused-ring (bicyclic) bond motifs is 1. The lowest BCUT2D eigenvalue weighted by Gasteiger charge is -2.28. The Labute approximate surface area is 93.7 Å². The lowest BCUT2D eigenvalue weighted by molar-refractivity contribution is -0.163. The van der Waals surface area contributed by atoms with Crippen LogP contribution in [0.2, 0.25) is 0 Å². The molecule has 2 rings (SSSR count). The van der Waals surface area contributed by atoms with Gasteiger partial charge in [-0.3, -0.25) is 0 Å². The van der Waals surface area contributed by atoms with Gasteiger partial charge in [-0.25, -0.2) is 9.78 Å². The number of likely N-dealkylation sites (N-methyl/N-ethyl adjacent to an activating group) is 1. The summed E-state index contributed by atoms with van der Waals surface area (Å²) in [7, 11) is 1.63. The maximum atomic E-state index is 11.7. The van der Waals surface area contributed by atoms with Crippen molar-refractivity contribution >= 4 is 11.8 Å². The summed E-state index contributed by atoms with van der Waals surface area (Å²) in [6, 6.07) is 3.62. The van der Waals surface area contributed by atoms with Crippen LogP contribution in [-0.4, -0.2) is 35.4 Å². The van der Waals surface area contributed by atoms with E-state index in [1.807, 2.05) is 6.07 Å². The highest BCUT2D eigenvalue weighted by Crippen LogP contribution is 2.34. The summed E-state index contributed by atoms with van der Waals surface area (Å²) < 4.78 is 4.87. The van der Waals surface area contributed by atoms with Crippen molar-refractivity contribution < 1.29 is 14.6 Å². The van der Waals surface area contributed by atoms with E-state index in [-0.39, 0.29) is 13.0 Å². The van der Waals surface area contributed by atoms with E-state index in [0.717, 1.165) is 5.56 Å². The largest absolute Gasteiger partial charge is 0.462 e.